The van der Waals surface area contributed by atoms with E-state index in [1.165, 1.54) is 218 Å². The van der Waals surface area contributed by atoms with Gasteiger partial charge in [0.25, 0.3) is 0 Å². The Morgan fingerprint density at radius 1 is 0.278 bits per heavy atom. The van der Waals surface area contributed by atoms with E-state index in [0.29, 0.717) is 19.3 Å². The highest BCUT2D eigenvalue weighted by Gasteiger charge is 2.19. The summed E-state index contributed by atoms with van der Waals surface area (Å²) in [6.07, 6.45) is 75.3. The Balaban J connectivity index is 4.35. The number of allylic oxidation sites excluding steroid dienone is 8. The molecule has 0 aliphatic rings. The first-order valence-electron chi connectivity index (χ1n) is 31.6. The van der Waals surface area contributed by atoms with Gasteiger partial charge in [-0.1, -0.05) is 281 Å². The average molecular weight is 1010 g/mol. The van der Waals surface area contributed by atoms with Gasteiger partial charge in [0.1, 0.15) is 13.2 Å². The number of esters is 3. The van der Waals surface area contributed by atoms with E-state index >= 15 is 0 Å². The summed E-state index contributed by atoms with van der Waals surface area (Å²) in [5, 5.41) is 0. The Bertz CT molecular complexity index is 1250. The summed E-state index contributed by atoms with van der Waals surface area (Å²) in [6, 6.07) is 0. The van der Waals surface area contributed by atoms with E-state index in [9.17, 15) is 14.4 Å². The fourth-order valence-corrected chi connectivity index (χ4v) is 9.27. The number of hydrogen-bond donors (Lipinski definition) is 0. The van der Waals surface area contributed by atoms with E-state index in [4.69, 9.17) is 14.2 Å². The van der Waals surface area contributed by atoms with Crippen LogP contribution in [0.2, 0.25) is 0 Å². The Kier molecular flexibility index (Phi) is 58.7. The van der Waals surface area contributed by atoms with Gasteiger partial charge in [-0.15, -0.1) is 0 Å². The van der Waals surface area contributed by atoms with E-state index in [1.807, 2.05) is 0 Å². The minimum Gasteiger partial charge on any atom is -0.462 e. The quantitative estimate of drug-likeness (QED) is 0.0261. The van der Waals surface area contributed by atoms with Crippen LogP contribution in [0.1, 0.15) is 335 Å². The summed E-state index contributed by atoms with van der Waals surface area (Å²) >= 11 is 0. The first-order valence-corrected chi connectivity index (χ1v) is 31.6. The second-order valence-corrected chi connectivity index (χ2v) is 21.3. The molecule has 0 spiro atoms. The molecule has 0 aromatic rings. The molecule has 0 rings (SSSR count). The van der Waals surface area contributed by atoms with Crippen LogP contribution in [0.3, 0.4) is 0 Å². The molecule has 0 amide bonds. The lowest BCUT2D eigenvalue weighted by atomic mass is 10.0. The molecule has 1 atom stereocenters. The van der Waals surface area contributed by atoms with E-state index in [2.05, 4.69) is 69.4 Å². The lowest BCUT2D eigenvalue weighted by Gasteiger charge is -2.18. The molecule has 0 saturated carbocycles. The van der Waals surface area contributed by atoms with Gasteiger partial charge >= 0.3 is 17.9 Å². The van der Waals surface area contributed by atoms with E-state index in [0.717, 1.165) is 77.0 Å². The van der Waals surface area contributed by atoms with Crippen molar-refractivity contribution in [3.8, 4) is 0 Å². The van der Waals surface area contributed by atoms with Crippen LogP contribution in [0, 0.1) is 0 Å². The Hall–Kier alpha value is -2.63. The highest BCUT2D eigenvalue weighted by atomic mass is 16.6. The van der Waals surface area contributed by atoms with Crippen molar-refractivity contribution in [1.29, 1.82) is 0 Å². The standard InChI is InChI=1S/C66H120O6/c1-4-7-10-13-16-19-22-25-28-31-32-33-34-36-38-41-44-47-50-53-56-59-65(68)71-62-63(61-70-64(67)58-55-52-49-46-43-40-37-30-27-24-21-18-15-12-9-6-3)72-66(69)60-57-54-51-48-45-42-39-35-29-26-23-20-17-14-11-8-5-2/h17,20,22,25-26,29,31-32,63H,4-16,18-19,21,23-24,27-28,30,33-62H2,1-3H3/b20-17-,25-22-,29-26-,32-31-. The minimum absolute atomic E-state index is 0.0741. The van der Waals surface area contributed by atoms with Gasteiger partial charge in [0.05, 0.1) is 0 Å². The van der Waals surface area contributed by atoms with Crippen molar-refractivity contribution in [2.75, 3.05) is 13.2 Å². The molecule has 0 fully saturated rings. The van der Waals surface area contributed by atoms with E-state index in [-0.39, 0.29) is 31.1 Å². The van der Waals surface area contributed by atoms with Crippen LogP contribution >= 0.6 is 0 Å². The number of hydrogen-bond acceptors (Lipinski definition) is 6. The average Bonchev–Trinajstić information content (AvgIpc) is 3.38. The second kappa shape index (κ2) is 60.9. The predicted octanol–water partition coefficient (Wildman–Crippen LogP) is 21.4. The number of ether oxygens (including phenoxy) is 3. The normalized spacial score (nSPS) is 12.3. The lowest BCUT2D eigenvalue weighted by molar-refractivity contribution is -0.167. The molecule has 0 heterocycles. The van der Waals surface area contributed by atoms with Crippen LogP contribution in [-0.2, 0) is 28.6 Å². The molecular weight excluding hydrogens is 889 g/mol. The molecule has 6 heteroatoms. The first-order chi connectivity index (χ1) is 35.5. The molecular formula is C66H120O6. The van der Waals surface area contributed by atoms with Crippen molar-refractivity contribution < 1.29 is 28.6 Å². The number of rotatable bonds is 58. The van der Waals surface area contributed by atoms with Crippen LogP contribution in [0.5, 0.6) is 0 Å². The van der Waals surface area contributed by atoms with Crippen molar-refractivity contribution in [2.45, 2.75) is 341 Å². The molecule has 1 unspecified atom stereocenters. The third-order valence-corrected chi connectivity index (χ3v) is 14.1. The summed E-state index contributed by atoms with van der Waals surface area (Å²) in [4.78, 5) is 38.3. The second-order valence-electron chi connectivity index (χ2n) is 21.3. The predicted molar refractivity (Wildman–Crippen MR) is 312 cm³/mol. The van der Waals surface area contributed by atoms with Crippen LogP contribution in [0.4, 0.5) is 0 Å². The Labute approximate surface area is 448 Å². The third-order valence-electron chi connectivity index (χ3n) is 14.1. The van der Waals surface area contributed by atoms with Crippen molar-refractivity contribution in [2.24, 2.45) is 0 Å². The Morgan fingerprint density at radius 2 is 0.500 bits per heavy atom. The minimum atomic E-state index is -0.778. The molecule has 72 heavy (non-hydrogen) atoms. The zero-order chi connectivity index (χ0) is 52.2. The third kappa shape index (κ3) is 58.3. The molecule has 420 valence electrons. The number of carbonyl (C=O) groups is 3. The van der Waals surface area contributed by atoms with Gasteiger partial charge < -0.3 is 14.2 Å². The SMILES string of the molecule is CCCCC/C=C\C/C=C\CCCCCCCCCC(=O)OC(COC(=O)CCCCCCCCCCC/C=C\C/C=C\CCCCCCC)COC(=O)CCCCCCCCCCCCCCCCCC. The molecule has 0 aromatic carbocycles. The van der Waals surface area contributed by atoms with Crippen molar-refractivity contribution in [3.05, 3.63) is 48.6 Å². The molecule has 0 aliphatic heterocycles. The summed E-state index contributed by atoms with van der Waals surface area (Å²) < 4.78 is 16.9. The molecule has 0 radical (unpaired) electrons. The molecule has 0 aromatic heterocycles. The van der Waals surface area contributed by atoms with E-state index < -0.39 is 6.10 Å². The highest BCUT2D eigenvalue weighted by Crippen LogP contribution is 2.17. The zero-order valence-corrected chi connectivity index (χ0v) is 48.2. The van der Waals surface area contributed by atoms with Crippen LogP contribution in [0.15, 0.2) is 48.6 Å². The molecule has 0 bridgehead atoms. The van der Waals surface area contributed by atoms with Gasteiger partial charge in [-0.05, 0) is 83.5 Å². The fourth-order valence-electron chi connectivity index (χ4n) is 9.27. The van der Waals surface area contributed by atoms with Gasteiger partial charge in [-0.3, -0.25) is 14.4 Å². The molecule has 0 aliphatic carbocycles. The summed E-state index contributed by atoms with van der Waals surface area (Å²) in [6.45, 7) is 6.65. The van der Waals surface area contributed by atoms with Gasteiger partial charge in [0.2, 0.25) is 0 Å². The van der Waals surface area contributed by atoms with Crippen molar-refractivity contribution in [1.82, 2.24) is 0 Å². The van der Waals surface area contributed by atoms with Gasteiger partial charge in [0.15, 0.2) is 6.10 Å². The van der Waals surface area contributed by atoms with Crippen molar-refractivity contribution >= 4 is 17.9 Å². The maximum atomic E-state index is 12.9. The maximum Gasteiger partial charge on any atom is 0.306 e. The van der Waals surface area contributed by atoms with Crippen LogP contribution in [-0.4, -0.2) is 37.2 Å². The van der Waals surface area contributed by atoms with Gasteiger partial charge in [0, 0.05) is 19.3 Å². The molecule has 0 saturated heterocycles. The zero-order valence-electron chi connectivity index (χ0n) is 48.2. The largest absolute Gasteiger partial charge is 0.462 e. The summed E-state index contributed by atoms with van der Waals surface area (Å²) in [7, 11) is 0. The van der Waals surface area contributed by atoms with E-state index in [1.54, 1.807) is 0 Å². The fraction of sp³-hybridized carbons (Fsp3) is 0.833. The van der Waals surface area contributed by atoms with Crippen LogP contribution in [0.25, 0.3) is 0 Å². The summed E-state index contributed by atoms with van der Waals surface area (Å²) in [5.41, 5.74) is 0. The lowest BCUT2D eigenvalue weighted by Crippen LogP contribution is -2.30. The summed E-state index contributed by atoms with van der Waals surface area (Å²) in [5.74, 6) is -0.866. The number of unbranched alkanes of at least 4 members (excludes halogenated alkanes) is 39. The Morgan fingerprint density at radius 3 is 0.792 bits per heavy atom. The topological polar surface area (TPSA) is 78.9 Å². The molecule has 0 N–H and O–H groups in total. The van der Waals surface area contributed by atoms with Crippen LogP contribution < -0.4 is 0 Å². The maximum absolute atomic E-state index is 12.9. The first kappa shape index (κ1) is 69.4. The highest BCUT2D eigenvalue weighted by molar-refractivity contribution is 5.71. The molecule has 6 nitrogen and oxygen atoms in total. The monoisotopic (exact) mass is 1010 g/mol. The smallest absolute Gasteiger partial charge is 0.306 e. The number of carbonyl (C=O) groups excluding carboxylic acids is 3. The van der Waals surface area contributed by atoms with Crippen molar-refractivity contribution in [3.63, 3.8) is 0 Å². The van der Waals surface area contributed by atoms with Gasteiger partial charge in [-0.2, -0.15) is 0 Å². The van der Waals surface area contributed by atoms with Gasteiger partial charge in [-0.25, -0.2) is 0 Å².